The summed E-state index contributed by atoms with van der Waals surface area (Å²) in [6, 6.07) is 6.25. The summed E-state index contributed by atoms with van der Waals surface area (Å²) in [4.78, 5) is 7.68. The molecule has 2 aliphatic rings. The van der Waals surface area contributed by atoms with Crippen LogP contribution >= 0.6 is 0 Å². The van der Waals surface area contributed by atoms with Crippen molar-refractivity contribution in [3.05, 3.63) is 29.6 Å². The molecule has 4 nitrogen and oxygen atoms in total. The first-order valence-corrected chi connectivity index (χ1v) is 11.1. The van der Waals surface area contributed by atoms with E-state index in [0.717, 1.165) is 70.0 Å². The predicted molar refractivity (Wildman–Crippen MR) is 114 cm³/mol. The van der Waals surface area contributed by atoms with E-state index in [9.17, 15) is 9.50 Å². The molecule has 0 unspecified atom stereocenters. The monoisotopic (exact) mass is 391 g/mol. The molecule has 0 aromatic heterocycles. The van der Waals surface area contributed by atoms with Crippen LogP contribution < -0.4 is 4.90 Å². The molecule has 0 amide bonds. The first-order chi connectivity index (χ1) is 13.5. The predicted octanol–water partition coefficient (Wildman–Crippen LogP) is 3.52. The van der Waals surface area contributed by atoms with Crippen molar-refractivity contribution in [1.29, 1.82) is 0 Å². The van der Waals surface area contributed by atoms with Gasteiger partial charge in [0, 0.05) is 57.1 Å². The van der Waals surface area contributed by atoms with E-state index in [1.807, 2.05) is 13.0 Å². The molecule has 0 saturated carbocycles. The van der Waals surface area contributed by atoms with E-state index >= 15 is 0 Å². The third-order valence-electron chi connectivity index (χ3n) is 6.57. The summed E-state index contributed by atoms with van der Waals surface area (Å²) in [7, 11) is 0. The molecule has 28 heavy (non-hydrogen) atoms. The minimum absolute atomic E-state index is 0.151. The second kappa shape index (κ2) is 10.0. The van der Waals surface area contributed by atoms with E-state index in [-0.39, 0.29) is 12.4 Å². The highest BCUT2D eigenvalue weighted by Crippen LogP contribution is 2.27. The Morgan fingerprint density at radius 1 is 1.14 bits per heavy atom. The molecule has 0 radical (unpaired) electrons. The van der Waals surface area contributed by atoms with E-state index < -0.39 is 0 Å². The van der Waals surface area contributed by atoms with E-state index in [1.165, 1.54) is 12.1 Å². The largest absolute Gasteiger partial charge is 0.396 e. The maximum atomic E-state index is 13.4. The van der Waals surface area contributed by atoms with Crippen molar-refractivity contribution in [2.45, 2.75) is 58.5 Å². The summed E-state index contributed by atoms with van der Waals surface area (Å²) in [5.74, 6) is 0.577. The van der Waals surface area contributed by atoms with Gasteiger partial charge in [-0.15, -0.1) is 0 Å². The Morgan fingerprint density at radius 2 is 1.89 bits per heavy atom. The van der Waals surface area contributed by atoms with Gasteiger partial charge in [-0.1, -0.05) is 13.8 Å². The lowest BCUT2D eigenvalue weighted by molar-refractivity contribution is 0.0277. The van der Waals surface area contributed by atoms with Crippen molar-refractivity contribution in [3.63, 3.8) is 0 Å². The van der Waals surface area contributed by atoms with E-state index in [1.54, 1.807) is 12.1 Å². The smallest absolute Gasteiger partial charge is 0.123 e. The molecule has 1 N–H and O–H groups in total. The summed E-state index contributed by atoms with van der Waals surface area (Å²) in [5, 5.41) is 9.54. The highest BCUT2D eigenvalue weighted by atomic mass is 19.1. The second-order valence-corrected chi connectivity index (χ2v) is 9.03. The SMILES string of the molecule is Cc1cc(F)ccc1N1CCC(N2CCN(CCC(C)C)[C@@H](CCO)C2)CC1. The van der Waals surface area contributed by atoms with Gasteiger partial charge in [0.1, 0.15) is 5.82 Å². The Hall–Kier alpha value is -1.17. The van der Waals surface area contributed by atoms with Gasteiger partial charge in [-0.05, 0) is 68.8 Å². The van der Waals surface area contributed by atoms with Crippen LogP contribution in [0.1, 0.15) is 45.1 Å². The van der Waals surface area contributed by atoms with Gasteiger partial charge in [-0.2, -0.15) is 0 Å². The molecule has 2 heterocycles. The van der Waals surface area contributed by atoms with Gasteiger partial charge in [-0.3, -0.25) is 9.80 Å². The van der Waals surface area contributed by atoms with Crippen molar-refractivity contribution in [1.82, 2.24) is 9.80 Å². The molecule has 158 valence electrons. The average Bonchev–Trinajstić information content (AvgIpc) is 2.67. The fourth-order valence-corrected chi connectivity index (χ4v) is 4.84. The van der Waals surface area contributed by atoms with Gasteiger partial charge in [0.2, 0.25) is 0 Å². The zero-order valence-corrected chi connectivity index (χ0v) is 17.9. The van der Waals surface area contributed by atoms with E-state index in [0.29, 0.717) is 12.1 Å². The molecular weight excluding hydrogens is 353 g/mol. The highest BCUT2D eigenvalue weighted by Gasteiger charge is 2.32. The van der Waals surface area contributed by atoms with Crippen molar-refractivity contribution in [3.8, 4) is 0 Å². The number of anilines is 1. The molecule has 0 bridgehead atoms. The number of aliphatic hydroxyl groups excluding tert-OH is 1. The molecule has 1 atom stereocenters. The zero-order valence-electron chi connectivity index (χ0n) is 17.9. The van der Waals surface area contributed by atoms with Gasteiger partial charge in [-0.25, -0.2) is 4.39 Å². The quantitative estimate of drug-likeness (QED) is 0.770. The molecule has 5 heteroatoms. The van der Waals surface area contributed by atoms with Crippen LogP contribution in [0.5, 0.6) is 0 Å². The minimum Gasteiger partial charge on any atom is -0.396 e. The lowest BCUT2D eigenvalue weighted by atomic mass is 9.98. The van der Waals surface area contributed by atoms with Gasteiger partial charge in [0.05, 0.1) is 0 Å². The Bertz CT molecular complexity index is 616. The number of piperidine rings is 1. The third-order valence-corrected chi connectivity index (χ3v) is 6.57. The van der Waals surface area contributed by atoms with Crippen molar-refractivity contribution in [2.24, 2.45) is 5.92 Å². The van der Waals surface area contributed by atoms with Crippen LogP contribution in [0.25, 0.3) is 0 Å². The molecular formula is C23H38FN3O. The molecule has 1 aromatic rings. The van der Waals surface area contributed by atoms with Crippen molar-refractivity contribution in [2.75, 3.05) is 50.8 Å². The van der Waals surface area contributed by atoms with Crippen LogP contribution in [0.2, 0.25) is 0 Å². The number of piperazine rings is 1. The van der Waals surface area contributed by atoms with Gasteiger partial charge in [0.25, 0.3) is 0 Å². The Labute approximate surface area is 170 Å². The van der Waals surface area contributed by atoms with Crippen LogP contribution in [-0.2, 0) is 0 Å². The van der Waals surface area contributed by atoms with Crippen LogP contribution in [0.3, 0.4) is 0 Å². The van der Waals surface area contributed by atoms with E-state index in [4.69, 9.17) is 0 Å². The maximum absolute atomic E-state index is 13.4. The molecule has 2 aliphatic heterocycles. The topological polar surface area (TPSA) is 30.0 Å². The lowest BCUT2D eigenvalue weighted by Crippen LogP contribution is -2.58. The van der Waals surface area contributed by atoms with E-state index in [2.05, 4.69) is 28.5 Å². The molecule has 3 rings (SSSR count). The molecule has 2 saturated heterocycles. The summed E-state index contributed by atoms with van der Waals surface area (Å²) < 4.78 is 13.4. The molecule has 1 aromatic carbocycles. The van der Waals surface area contributed by atoms with Crippen molar-refractivity contribution < 1.29 is 9.50 Å². The minimum atomic E-state index is -0.151. The average molecular weight is 392 g/mol. The highest BCUT2D eigenvalue weighted by molar-refractivity contribution is 5.53. The number of aryl methyl sites for hydroxylation is 1. The van der Waals surface area contributed by atoms with Gasteiger partial charge >= 0.3 is 0 Å². The molecule has 0 aliphatic carbocycles. The Balaban J connectivity index is 1.54. The first kappa shape index (κ1) is 21.5. The standard InChI is InChI=1S/C23H38FN3O/c1-18(2)6-10-25-13-14-27(17-22(25)9-15-28)21-7-11-26(12-8-21)23-5-4-20(24)16-19(23)3/h4-5,16,18,21-22,28H,6-15,17H2,1-3H3/t22-/m0/s1. The fraction of sp³-hybridized carbons (Fsp3) is 0.739. The van der Waals surface area contributed by atoms with Gasteiger partial charge in [0.15, 0.2) is 0 Å². The maximum Gasteiger partial charge on any atom is 0.123 e. The number of hydrogen-bond donors (Lipinski definition) is 1. The third kappa shape index (κ3) is 5.46. The fourth-order valence-electron chi connectivity index (χ4n) is 4.84. The summed E-state index contributed by atoms with van der Waals surface area (Å²) in [6.45, 7) is 13.4. The van der Waals surface area contributed by atoms with Crippen LogP contribution in [-0.4, -0.2) is 72.9 Å². The molecule has 0 spiro atoms. The van der Waals surface area contributed by atoms with Gasteiger partial charge < -0.3 is 10.0 Å². The summed E-state index contributed by atoms with van der Waals surface area (Å²) in [6.07, 6.45) is 4.43. The Morgan fingerprint density at radius 3 is 2.54 bits per heavy atom. The number of nitrogens with zero attached hydrogens (tertiary/aromatic N) is 3. The first-order valence-electron chi connectivity index (χ1n) is 11.1. The number of halogens is 1. The molecule has 2 fully saturated rings. The normalized spacial score (nSPS) is 22.9. The van der Waals surface area contributed by atoms with Crippen LogP contribution in [0.15, 0.2) is 18.2 Å². The van der Waals surface area contributed by atoms with Crippen LogP contribution in [0, 0.1) is 18.7 Å². The second-order valence-electron chi connectivity index (χ2n) is 9.03. The Kier molecular flexibility index (Phi) is 7.72. The van der Waals surface area contributed by atoms with Crippen LogP contribution in [0.4, 0.5) is 10.1 Å². The lowest BCUT2D eigenvalue weighted by Gasteiger charge is -2.47. The number of benzene rings is 1. The number of hydrogen-bond acceptors (Lipinski definition) is 4. The zero-order chi connectivity index (χ0) is 20.1. The number of rotatable bonds is 7. The summed E-state index contributed by atoms with van der Waals surface area (Å²) in [5.41, 5.74) is 2.21. The summed E-state index contributed by atoms with van der Waals surface area (Å²) >= 11 is 0. The van der Waals surface area contributed by atoms with Crippen molar-refractivity contribution >= 4 is 5.69 Å². The number of aliphatic hydroxyl groups is 1.